The number of hydrogen-bond donors (Lipinski definition) is 0. The highest BCUT2D eigenvalue weighted by atomic mass is 16.5. The van der Waals surface area contributed by atoms with Gasteiger partial charge in [-0.15, -0.1) is 0 Å². The van der Waals surface area contributed by atoms with E-state index in [1.54, 1.807) is 12.4 Å². The zero-order valence-electron chi connectivity index (χ0n) is 15.3. The average Bonchev–Trinajstić information content (AvgIpc) is 3.14. The molecule has 6 heteroatoms. The Morgan fingerprint density at radius 3 is 2.73 bits per heavy atom. The van der Waals surface area contributed by atoms with Crippen LogP contribution in [0.25, 0.3) is 22.3 Å². The van der Waals surface area contributed by atoms with Crippen LogP contribution < -0.4 is 9.64 Å². The summed E-state index contributed by atoms with van der Waals surface area (Å²) in [6.07, 6.45) is 4.23. The zero-order chi connectivity index (χ0) is 18.1. The molecule has 1 fully saturated rings. The van der Waals surface area contributed by atoms with Crippen LogP contribution in [-0.4, -0.2) is 48.4 Å². The molecular weight excluding hydrogens is 328 g/mol. The molecule has 6 nitrogen and oxygen atoms in total. The lowest BCUT2D eigenvalue weighted by atomic mass is 10.1. The lowest BCUT2D eigenvalue weighted by Gasteiger charge is -2.17. The first-order chi connectivity index (χ1) is 12.6. The number of benzene rings is 1. The van der Waals surface area contributed by atoms with Crippen molar-refractivity contribution in [2.24, 2.45) is 0 Å². The Labute approximate surface area is 152 Å². The van der Waals surface area contributed by atoms with E-state index in [9.17, 15) is 0 Å². The molecule has 26 heavy (non-hydrogen) atoms. The molecule has 0 N–H and O–H groups in total. The Kier molecular flexibility index (Phi) is 4.42. The summed E-state index contributed by atoms with van der Waals surface area (Å²) in [4.78, 5) is 15.7. The Morgan fingerprint density at radius 2 is 2.00 bits per heavy atom. The van der Waals surface area contributed by atoms with Crippen molar-refractivity contribution < 1.29 is 9.47 Å². The van der Waals surface area contributed by atoms with Gasteiger partial charge in [-0.3, -0.25) is 4.98 Å². The van der Waals surface area contributed by atoms with Crippen molar-refractivity contribution in [3.63, 3.8) is 0 Å². The van der Waals surface area contributed by atoms with Crippen molar-refractivity contribution in [1.29, 1.82) is 0 Å². The second-order valence-corrected chi connectivity index (χ2v) is 6.74. The molecule has 0 amide bonds. The van der Waals surface area contributed by atoms with Gasteiger partial charge in [0.25, 0.3) is 0 Å². The fourth-order valence-corrected chi connectivity index (χ4v) is 3.25. The van der Waals surface area contributed by atoms with Gasteiger partial charge in [-0.1, -0.05) is 6.07 Å². The van der Waals surface area contributed by atoms with E-state index in [1.807, 2.05) is 20.2 Å². The summed E-state index contributed by atoms with van der Waals surface area (Å²) in [5, 5.41) is 0. The largest absolute Gasteiger partial charge is 0.470 e. The molecule has 1 aliphatic heterocycles. The Hall–Kier alpha value is -2.73. The highest BCUT2D eigenvalue weighted by molar-refractivity contribution is 5.83. The minimum atomic E-state index is 0.0146. The van der Waals surface area contributed by atoms with E-state index in [0.29, 0.717) is 18.0 Å². The second-order valence-electron chi connectivity index (χ2n) is 6.74. The summed E-state index contributed by atoms with van der Waals surface area (Å²) in [5.74, 6) is 0.524. The molecule has 4 rings (SSSR count). The van der Waals surface area contributed by atoms with Crippen molar-refractivity contribution in [3.8, 4) is 17.1 Å². The molecule has 0 spiro atoms. The molecule has 2 aromatic heterocycles. The van der Waals surface area contributed by atoms with E-state index >= 15 is 0 Å². The van der Waals surface area contributed by atoms with Crippen molar-refractivity contribution in [2.45, 2.75) is 19.4 Å². The summed E-state index contributed by atoms with van der Waals surface area (Å²) in [7, 11) is 4.09. The molecule has 0 saturated carbocycles. The van der Waals surface area contributed by atoms with E-state index in [4.69, 9.17) is 14.5 Å². The summed E-state index contributed by atoms with van der Waals surface area (Å²) in [6, 6.07) is 8.29. The van der Waals surface area contributed by atoms with E-state index in [1.165, 1.54) is 11.3 Å². The normalized spacial score (nSPS) is 16.8. The zero-order valence-corrected chi connectivity index (χ0v) is 15.3. The first kappa shape index (κ1) is 16.7. The predicted octanol–water partition coefficient (Wildman–Crippen LogP) is 3.23. The number of ether oxygens (including phenoxy) is 2. The maximum Gasteiger partial charge on any atom is 0.243 e. The minimum Gasteiger partial charge on any atom is -0.470 e. The topological polar surface area (TPSA) is 60.4 Å². The van der Waals surface area contributed by atoms with Crippen LogP contribution >= 0.6 is 0 Å². The third kappa shape index (κ3) is 3.20. The first-order valence-corrected chi connectivity index (χ1v) is 8.76. The van der Waals surface area contributed by atoms with Crippen molar-refractivity contribution in [1.82, 2.24) is 15.0 Å². The number of aryl methyl sites for hydroxylation is 1. The third-order valence-corrected chi connectivity index (χ3v) is 4.57. The van der Waals surface area contributed by atoms with Crippen LogP contribution in [0, 0.1) is 6.92 Å². The van der Waals surface area contributed by atoms with E-state index in [0.717, 1.165) is 29.8 Å². The number of rotatable bonds is 4. The van der Waals surface area contributed by atoms with E-state index in [2.05, 4.69) is 40.0 Å². The monoisotopic (exact) mass is 350 g/mol. The summed E-state index contributed by atoms with van der Waals surface area (Å²) >= 11 is 0. The van der Waals surface area contributed by atoms with Crippen molar-refractivity contribution >= 4 is 16.7 Å². The number of fused-ring (bicyclic) bond motifs is 1. The fourth-order valence-electron chi connectivity index (χ4n) is 3.25. The fraction of sp³-hybridized carbons (Fsp3) is 0.350. The van der Waals surface area contributed by atoms with Crippen LogP contribution in [0.4, 0.5) is 5.69 Å². The molecule has 0 radical (unpaired) electrons. The van der Waals surface area contributed by atoms with Crippen LogP contribution in [-0.2, 0) is 4.74 Å². The van der Waals surface area contributed by atoms with Gasteiger partial charge in [-0.25, -0.2) is 9.97 Å². The Balaban J connectivity index is 1.78. The van der Waals surface area contributed by atoms with Gasteiger partial charge in [0.2, 0.25) is 5.88 Å². The Morgan fingerprint density at radius 1 is 1.15 bits per heavy atom. The minimum absolute atomic E-state index is 0.0146. The number of aromatic nitrogens is 3. The standard InChI is InChI=1S/C20H22N4O2/c1-13-10-14(4-5-18(13)24(2)3)16-11-17-19(22-8-7-21-17)20(23-16)26-15-6-9-25-12-15/h4-5,7-8,10-11,15H,6,9,12H2,1-3H3/t15-/m1/s1. The van der Waals surface area contributed by atoms with Gasteiger partial charge >= 0.3 is 0 Å². The highest BCUT2D eigenvalue weighted by Crippen LogP contribution is 2.30. The highest BCUT2D eigenvalue weighted by Gasteiger charge is 2.20. The first-order valence-electron chi connectivity index (χ1n) is 8.76. The average molecular weight is 350 g/mol. The quantitative estimate of drug-likeness (QED) is 0.720. The number of nitrogens with zero attached hydrogens (tertiary/aromatic N) is 4. The lowest BCUT2D eigenvalue weighted by Crippen LogP contribution is -2.17. The molecule has 3 aromatic rings. The van der Waals surface area contributed by atoms with Crippen LogP contribution in [0.5, 0.6) is 5.88 Å². The van der Waals surface area contributed by atoms with Crippen LogP contribution in [0.3, 0.4) is 0 Å². The van der Waals surface area contributed by atoms with Gasteiger partial charge in [0, 0.05) is 44.2 Å². The molecule has 0 aliphatic carbocycles. The SMILES string of the molecule is Cc1cc(-c2cc3nccnc3c(O[C@@H]3CCOC3)n2)ccc1N(C)C. The maximum absolute atomic E-state index is 6.10. The molecule has 1 aliphatic rings. The lowest BCUT2D eigenvalue weighted by molar-refractivity contribution is 0.139. The summed E-state index contributed by atoms with van der Waals surface area (Å²) in [5.41, 5.74) is 5.72. The van der Waals surface area contributed by atoms with Crippen molar-refractivity contribution in [3.05, 3.63) is 42.2 Å². The smallest absolute Gasteiger partial charge is 0.243 e. The summed E-state index contributed by atoms with van der Waals surface area (Å²) < 4.78 is 11.5. The molecule has 1 saturated heterocycles. The second kappa shape index (κ2) is 6.88. The molecule has 0 unspecified atom stereocenters. The predicted molar refractivity (Wildman–Crippen MR) is 102 cm³/mol. The molecule has 134 valence electrons. The molecule has 3 heterocycles. The molecule has 0 bridgehead atoms. The molecular formula is C20H22N4O2. The number of hydrogen-bond acceptors (Lipinski definition) is 6. The van der Waals surface area contributed by atoms with Gasteiger partial charge in [0.05, 0.1) is 24.4 Å². The van der Waals surface area contributed by atoms with Gasteiger partial charge < -0.3 is 14.4 Å². The van der Waals surface area contributed by atoms with Gasteiger partial charge in [0.15, 0.2) is 5.52 Å². The number of pyridine rings is 1. The summed E-state index contributed by atoms with van der Waals surface area (Å²) in [6.45, 7) is 3.41. The van der Waals surface area contributed by atoms with Crippen LogP contribution in [0.15, 0.2) is 36.7 Å². The number of anilines is 1. The van der Waals surface area contributed by atoms with Gasteiger partial charge in [-0.2, -0.15) is 0 Å². The van der Waals surface area contributed by atoms with Crippen molar-refractivity contribution in [2.75, 3.05) is 32.2 Å². The molecule has 1 atom stereocenters. The van der Waals surface area contributed by atoms with Crippen LogP contribution in [0.2, 0.25) is 0 Å². The van der Waals surface area contributed by atoms with Gasteiger partial charge in [-0.05, 0) is 30.7 Å². The molecule has 1 aromatic carbocycles. The van der Waals surface area contributed by atoms with E-state index in [-0.39, 0.29) is 6.10 Å². The van der Waals surface area contributed by atoms with Gasteiger partial charge in [0.1, 0.15) is 6.10 Å². The Bertz CT molecular complexity index is 936. The van der Waals surface area contributed by atoms with Crippen LogP contribution in [0.1, 0.15) is 12.0 Å². The van der Waals surface area contributed by atoms with E-state index < -0.39 is 0 Å². The third-order valence-electron chi connectivity index (χ3n) is 4.57. The maximum atomic E-state index is 6.10.